The maximum atomic E-state index is 11.9. The minimum Gasteiger partial charge on any atom is -0.397 e. The third-order valence-corrected chi connectivity index (χ3v) is 5.38. The van der Waals surface area contributed by atoms with Crippen LogP contribution < -0.4 is 15.4 Å². The number of benzene rings is 1. The number of nitrogens with two attached hydrogens (primary N) is 1. The molecule has 0 atom stereocenters. The summed E-state index contributed by atoms with van der Waals surface area (Å²) < 4.78 is 26.2. The lowest BCUT2D eigenvalue weighted by Gasteiger charge is -2.38. The Bertz CT molecular complexity index is 593. The molecule has 0 aromatic heterocycles. The van der Waals surface area contributed by atoms with Gasteiger partial charge in [-0.15, -0.1) is 0 Å². The first-order chi connectivity index (χ1) is 9.85. The molecule has 0 saturated carbocycles. The van der Waals surface area contributed by atoms with Crippen LogP contribution in [-0.2, 0) is 10.0 Å². The molecule has 0 amide bonds. The lowest BCUT2D eigenvalue weighted by molar-refractivity contribution is 0.209. The highest BCUT2D eigenvalue weighted by Gasteiger charge is 2.22. The number of nitrogens with zero attached hydrogens (tertiary/aromatic N) is 2. The summed E-state index contributed by atoms with van der Waals surface area (Å²) >= 11 is 0. The van der Waals surface area contributed by atoms with Crippen LogP contribution in [0.5, 0.6) is 0 Å². The summed E-state index contributed by atoms with van der Waals surface area (Å²) in [6.07, 6.45) is 0. The van der Waals surface area contributed by atoms with Gasteiger partial charge in [-0.25, -0.2) is 13.1 Å². The lowest BCUT2D eigenvalue weighted by atomic mass is 10.2. The molecule has 1 heterocycles. The molecule has 3 N–H and O–H groups in total. The van der Waals surface area contributed by atoms with Gasteiger partial charge in [-0.2, -0.15) is 0 Å². The molecule has 1 aliphatic rings. The zero-order chi connectivity index (χ0) is 15.6. The summed E-state index contributed by atoms with van der Waals surface area (Å²) in [5.41, 5.74) is 7.44. The predicted octanol–water partition coefficient (Wildman–Crippen LogP) is 0.707. The van der Waals surface area contributed by atoms with Crippen molar-refractivity contribution < 1.29 is 8.42 Å². The molecule has 0 aliphatic carbocycles. The Morgan fingerprint density at radius 3 is 2.33 bits per heavy atom. The number of rotatable bonds is 4. The third-order valence-electron chi connectivity index (χ3n) is 3.97. The van der Waals surface area contributed by atoms with E-state index in [0.717, 1.165) is 31.9 Å². The molecule has 7 heteroatoms. The number of piperazine rings is 1. The highest BCUT2D eigenvalue weighted by atomic mass is 32.2. The molecule has 118 valence electrons. The van der Waals surface area contributed by atoms with Gasteiger partial charge in [0.05, 0.1) is 16.3 Å². The van der Waals surface area contributed by atoms with E-state index < -0.39 is 10.0 Å². The SMILES string of the molecule is CNS(=O)(=O)c1ccc(N)c(N2CCN(C(C)C)CC2)c1. The highest BCUT2D eigenvalue weighted by Crippen LogP contribution is 2.27. The van der Waals surface area contributed by atoms with Crippen molar-refractivity contribution >= 4 is 21.4 Å². The van der Waals surface area contributed by atoms with Gasteiger partial charge in [0.1, 0.15) is 0 Å². The number of hydrogen-bond donors (Lipinski definition) is 2. The van der Waals surface area contributed by atoms with E-state index in [1.807, 2.05) is 0 Å². The summed E-state index contributed by atoms with van der Waals surface area (Å²) in [5.74, 6) is 0. The van der Waals surface area contributed by atoms with Crippen LogP contribution in [0.4, 0.5) is 11.4 Å². The molecule has 1 saturated heterocycles. The zero-order valence-corrected chi connectivity index (χ0v) is 13.7. The molecule has 0 radical (unpaired) electrons. The first-order valence-corrected chi connectivity index (χ1v) is 8.65. The molecule has 0 bridgehead atoms. The van der Waals surface area contributed by atoms with Gasteiger partial charge in [-0.05, 0) is 39.1 Å². The minimum absolute atomic E-state index is 0.250. The third kappa shape index (κ3) is 3.48. The van der Waals surface area contributed by atoms with Crippen molar-refractivity contribution in [1.29, 1.82) is 0 Å². The van der Waals surface area contributed by atoms with E-state index in [1.54, 1.807) is 12.1 Å². The Labute approximate surface area is 127 Å². The van der Waals surface area contributed by atoms with Gasteiger partial charge >= 0.3 is 0 Å². The van der Waals surface area contributed by atoms with Gasteiger partial charge in [0.15, 0.2) is 0 Å². The van der Waals surface area contributed by atoms with Crippen LogP contribution in [0.3, 0.4) is 0 Å². The highest BCUT2D eigenvalue weighted by molar-refractivity contribution is 7.89. The quantitative estimate of drug-likeness (QED) is 0.801. The Balaban J connectivity index is 2.23. The minimum atomic E-state index is -3.44. The van der Waals surface area contributed by atoms with Crippen molar-refractivity contribution in [3.8, 4) is 0 Å². The van der Waals surface area contributed by atoms with Crippen molar-refractivity contribution in [2.75, 3.05) is 43.9 Å². The second-order valence-corrected chi connectivity index (χ2v) is 7.43. The average molecular weight is 312 g/mol. The number of nitrogens with one attached hydrogen (secondary N) is 1. The van der Waals surface area contributed by atoms with Crippen LogP contribution in [-0.4, -0.2) is 52.6 Å². The van der Waals surface area contributed by atoms with Crippen LogP contribution in [0.25, 0.3) is 0 Å². The fourth-order valence-electron chi connectivity index (χ4n) is 2.56. The average Bonchev–Trinajstić information content (AvgIpc) is 2.47. The summed E-state index contributed by atoms with van der Waals surface area (Å²) in [5, 5.41) is 0. The first-order valence-electron chi connectivity index (χ1n) is 7.17. The van der Waals surface area contributed by atoms with Gasteiger partial charge in [-0.3, -0.25) is 4.90 Å². The molecule has 0 unspecified atom stereocenters. The molecular formula is C14H24N4O2S. The topological polar surface area (TPSA) is 78.7 Å². The Hall–Kier alpha value is -1.31. The van der Waals surface area contributed by atoms with Gasteiger partial charge in [0.25, 0.3) is 0 Å². The van der Waals surface area contributed by atoms with Crippen LogP contribution in [0.2, 0.25) is 0 Å². The summed E-state index contributed by atoms with van der Waals surface area (Å²) in [7, 11) is -2.03. The second kappa shape index (κ2) is 6.21. The molecule has 0 spiro atoms. The fourth-order valence-corrected chi connectivity index (χ4v) is 3.31. The molecule has 1 aromatic carbocycles. The van der Waals surface area contributed by atoms with Gasteiger partial charge in [-0.1, -0.05) is 0 Å². The monoisotopic (exact) mass is 312 g/mol. The Kier molecular flexibility index (Phi) is 4.75. The summed E-state index contributed by atoms with van der Waals surface area (Å²) in [4.78, 5) is 4.81. The van der Waals surface area contributed by atoms with E-state index in [-0.39, 0.29) is 4.90 Å². The van der Waals surface area contributed by atoms with E-state index in [0.29, 0.717) is 11.7 Å². The molecule has 1 aliphatic heterocycles. The van der Waals surface area contributed by atoms with E-state index in [9.17, 15) is 8.42 Å². The maximum Gasteiger partial charge on any atom is 0.240 e. The van der Waals surface area contributed by atoms with Crippen molar-refractivity contribution in [2.24, 2.45) is 0 Å². The maximum absolute atomic E-state index is 11.9. The molecule has 2 rings (SSSR count). The summed E-state index contributed by atoms with van der Waals surface area (Å²) in [6, 6.07) is 5.38. The number of nitrogen functional groups attached to an aromatic ring is 1. The molecule has 21 heavy (non-hydrogen) atoms. The standard InChI is InChI=1S/C14H24N4O2S/c1-11(2)17-6-8-18(9-7-17)14-10-12(4-5-13(14)15)21(19,20)16-3/h4-5,10-11,16H,6-9,15H2,1-3H3. The number of sulfonamides is 1. The second-order valence-electron chi connectivity index (χ2n) is 5.54. The number of anilines is 2. The molecule has 1 aromatic rings. The van der Waals surface area contributed by atoms with Crippen molar-refractivity contribution in [1.82, 2.24) is 9.62 Å². The van der Waals surface area contributed by atoms with Gasteiger partial charge in [0, 0.05) is 32.2 Å². The normalized spacial score (nSPS) is 17.4. The first kappa shape index (κ1) is 16.1. The molecular weight excluding hydrogens is 288 g/mol. The Morgan fingerprint density at radius 1 is 1.19 bits per heavy atom. The molecule has 1 fully saturated rings. The van der Waals surface area contributed by atoms with Crippen molar-refractivity contribution in [2.45, 2.75) is 24.8 Å². The van der Waals surface area contributed by atoms with Crippen molar-refractivity contribution in [3.05, 3.63) is 18.2 Å². The largest absolute Gasteiger partial charge is 0.397 e. The van der Waals surface area contributed by atoms with E-state index in [2.05, 4.69) is 28.4 Å². The zero-order valence-electron chi connectivity index (χ0n) is 12.8. The smallest absolute Gasteiger partial charge is 0.240 e. The molecule has 6 nitrogen and oxygen atoms in total. The Morgan fingerprint density at radius 2 is 1.81 bits per heavy atom. The van der Waals surface area contributed by atoms with E-state index >= 15 is 0 Å². The van der Waals surface area contributed by atoms with Crippen LogP contribution >= 0.6 is 0 Å². The fraction of sp³-hybridized carbons (Fsp3) is 0.571. The van der Waals surface area contributed by atoms with Crippen LogP contribution in [0.15, 0.2) is 23.1 Å². The van der Waals surface area contributed by atoms with Gasteiger partial charge in [0.2, 0.25) is 10.0 Å². The predicted molar refractivity (Wildman–Crippen MR) is 86.0 cm³/mol. The summed E-state index contributed by atoms with van der Waals surface area (Å²) in [6.45, 7) is 7.99. The van der Waals surface area contributed by atoms with Crippen LogP contribution in [0, 0.1) is 0 Å². The van der Waals surface area contributed by atoms with Gasteiger partial charge < -0.3 is 10.6 Å². The van der Waals surface area contributed by atoms with Crippen LogP contribution in [0.1, 0.15) is 13.8 Å². The van der Waals surface area contributed by atoms with Crippen molar-refractivity contribution in [3.63, 3.8) is 0 Å². The van der Waals surface area contributed by atoms with E-state index in [1.165, 1.54) is 13.1 Å². The lowest BCUT2D eigenvalue weighted by Crippen LogP contribution is -2.49. The van der Waals surface area contributed by atoms with E-state index in [4.69, 9.17) is 5.73 Å². The number of hydrogen-bond acceptors (Lipinski definition) is 5.